The molecule has 0 atom stereocenters. The molecule has 17 aromatic carbocycles. The molecular weight excluding hydrogens is 1280 g/mol. The van der Waals surface area contributed by atoms with Gasteiger partial charge in [-0.25, -0.2) is 0 Å². The van der Waals surface area contributed by atoms with E-state index in [9.17, 15) is 0 Å². The van der Waals surface area contributed by atoms with Crippen LogP contribution < -0.4 is 0 Å². The van der Waals surface area contributed by atoms with Crippen LogP contribution in [-0.2, 0) is 0 Å². The second-order valence-electron chi connectivity index (χ2n) is 27.6. The number of hydrogen-bond acceptors (Lipinski definition) is 0. The van der Waals surface area contributed by atoms with Gasteiger partial charge in [0.25, 0.3) is 0 Å². The molecule has 4 heteroatoms. The molecule has 0 aliphatic heterocycles. The summed E-state index contributed by atoms with van der Waals surface area (Å²) in [6.45, 7) is 0. The molecule has 0 fully saturated rings. The van der Waals surface area contributed by atoms with Gasteiger partial charge in [-0.2, -0.15) is 0 Å². The standard InChI is InChI=1S/C54H36N2.C48H32N2/c1-4-15-37(16-5-1)40-21-14-22-45(32-40)55-51-25-12-10-23-47(51)49-35-41(27-29-53(49)55)42-28-30-54-50(36-42)48-24-11-13-26-52(48)56(54)46-33-43(38-17-6-2-7-18-38)31-44(34-46)39-19-8-3-9-20-39;1-3-13-33(14-4-1)35-17-11-19-39(29-35)49-45-23-9-7-21-41(45)43-31-37(25-27-47(43)49)38-26-28-48-44(32-38)42-22-8-10-24-46(42)50(48)40-20-12-18-36(30-40)34-15-5-2-6-16-34/h1-36H;1-32H. The molecule has 0 amide bonds. The molecule has 0 N–H and O–H groups in total. The van der Waals surface area contributed by atoms with Crippen LogP contribution in [0.5, 0.6) is 0 Å². The topological polar surface area (TPSA) is 19.7 Å². The second kappa shape index (κ2) is 26.1. The van der Waals surface area contributed by atoms with E-state index in [4.69, 9.17) is 0 Å². The molecule has 21 rings (SSSR count). The van der Waals surface area contributed by atoms with E-state index in [2.05, 4.69) is 431 Å². The number of hydrogen-bond donors (Lipinski definition) is 0. The minimum absolute atomic E-state index is 1.15. The fourth-order valence-corrected chi connectivity index (χ4v) is 16.4. The fourth-order valence-electron chi connectivity index (χ4n) is 16.4. The number of para-hydroxylation sites is 4. The predicted octanol–water partition coefficient (Wildman–Crippen LogP) is 27.4. The Balaban J connectivity index is 0.000000141. The average Bonchev–Trinajstić information content (AvgIpc) is 1.59. The lowest BCUT2D eigenvalue weighted by Crippen LogP contribution is -1.96. The first-order valence-corrected chi connectivity index (χ1v) is 36.4. The van der Waals surface area contributed by atoms with E-state index in [0.717, 1.165) is 22.7 Å². The Morgan fingerprint density at radius 3 is 0.575 bits per heavy atom. The molecule has 0 aliphatic carbocycles. The van der Waals surface area contributed by atoms with Crippen LogP contribution in [0.15, 0.2) is 413 Å². The van der Waals surface area contributed by atoms with Crippen molar-refractivity contribution in [3.8, 4) is 101 Å². The lowest BCUT2D eigenvalue weighted by atomic mass is 9.98. The molecule has 4 nitrogen and oxygen atoms in total. The van der Waals surface area contributed by atoms with Crippen molar-refractivity contribution in [3.63, 3.8) is 0 Å². The zero-order chi connectivity index (χ0) is 70.0. The van der Waals surface area contributed by atoms with Crippen molar-refractivity contribution in [1.29, 1.82) is 0 Å². The fraction of sp³-hybridized carbons (Fsp3) is 0. The number of fused-ring (bicyclic) bond motifs is 12. The molecule has 0 unspecified atom stereocenters. The molecule has 496 valence electrons. The lowest BCUT2D eigenvalue weighted by Gasteiger charge is -2.14. The van der Waals surface area contributed by atoms with Crippen LogP contribution in [0.4, 0.5) is 0 Å². The third-order valence-corrected chi connectivity index (χ3v) is 21.4. The minimum atomic E-state index is 1.15. The van der Waals surface area contributed by atoms with E-state index in [0.29, 0.717) is 0 Å². The Bertz CT molecular complexity index is 6660. The molecule has 4 aromatic heterocycles. The monoisotopic (exact) mass is 1350 g/mol. The number of rotatable bonds is 11. The van der Waals surface area contributed by atoms with E-state index in [1.54, 1.807) is 0 Å². The molecule has 0 saturated heterocycles. The van der Waals surface area contributed by atoms with Crippen molar-refractivity contribution in [2.45, 2.75) is 0 Å². The number of benzene rings is 17. The van der Waals surface area contributed by atoms with Gasteiger partial charge in [-0.05, 0) is 205 Å². The molecule has 21 aromatic rings. The van der Waals surface area contributed by atoms with Gasteiger partial charge in [0.05, 0.1) is 44.1 Å². The zero-order valence-corrected chi connectivity index (χ0v) is 58.0. The summed E-state index contributed by atoms with van der Waals surface area (Å²) in [5.74, 6) is 0. The van der Waals surface area contributed by atoms with Gasteiger partial charge >= 0.3 is 0 Å². The Kier molecular flexibility index (Phi) is 15.2. The van der Waals surface area contributed by atoms with Gasteiger partial charge in [-0.1, -0.05) is 285 Å². The van der Waals surface area contributed by atoms with Crippen molar-refractivity contribution in [3.05, 3.63) is 413 Å². The average molecular weight is 1350 g/mol. The molecule has 0 aliphatic rings. The lowest BCUT2D eigenvalue weighted by molar-refractivity contribution is 1.18. The van der Waals surface area contributed by atoms with Crippen molar-refractivity contribution < 1.29 is 0 Å². The van der Waals surface area contributed by atoms with E-state index >= 15 is 0 Å². The predicted molar refractivity (Wildman–Crippen MR) is 448 cm³/mol. The first-order valence-electron chi connectivity index (χ1n) is 36.4. The highest BCUT2D eigenvalue weighted by molar-refractivity contribution is 6.15. The Hall–Kier alpha value is -14.1. The van der Waals surface area contributed by atoms with Gasteiger partial charge in [-0.3, -0.25) is 0 Å². The number of nitrogens with zero attached hydrogens (tertiary/aromatic N) is 4. The Morgan fingerprint density at radius 2 is 0.302 bits per heavy atom. The van der Waals surface area contributed by atoms with E-state index < -0.39 is 0 Å². The summed E-state index contributed by atoms with van der Waals surface area (Å²) >= 11 is 0. The van der Waals surface area contributed by atoms with Crippen LogP contribution >= 0.6 is 0 Å². The number of aromatic nitrogens is 4. The first-order chi connectivity index (χ1) is 52.6. The molecule has 0 radical (unpaired) electrons. The van der Waals surface area contributed by atoms with Crippen LogP contribution in [0.3, 0.4) is 0 Å². The normalized spacial score (nSPS) is 11.6. The summed E-state index contributed by atoms with van der Waals surface area (Å²) in [4.78, 5) is 0. The largest absolute Gasteiger partial charge is 0.309 e. The summed E-state index contributed by atoms with van der Waals surface area (Å²) in [7, 11) is 0. The van der Waals surface area contributed by atoms with Crippen molar-refractivity contribution in [2.75, 3.05) is 0 Å². The van der Waals surface area contributed by atoms with E-state index in [-0.39, 0.29) is 0 Å². The third kappa shape index (κ3) is 10.9. The maximum atomic E-state index is 2.44. The highest BCUT2D eigenvalue weighted by atomic mass is 15.0. The highest BCUT2D eigenvalue weighted by Crippen LogP contribution is 2.43. The Morgan fingerprint density at radius 1 is 0.104 bits per heavy atom. The second-order valence-corrected chi connectivity index (χ2v) is 27.6. The minimum Gasteiger partial charge on any atom is -0.309 e. The van der Waals surface area contributed by atoms with Crippen LogP contribution in [0.2, 0.25) is 0 Å². The highest BCUT2D eigenvalue weighted by Gasteiger charge is 2.21. The van der Waals surface area contributed by atoms with Gasteiger partial charge < -0.3 is 18.3 Å². The van der Waals surface area contributed by atoms with Crippen LogP contribution in [0, 0.1) is 0 Å². The van der Waals surface area contributed by atoms with Crippen LogP contribution in [-0.4, -0.2) is 18.3 Å². The van der Waals surface area contributed by atoms with Crippen molar-refractivity contribution in [1.82, 2.24) is 18.3 Å². The molecule has 4 heterocycles. The quantitative estimate of drug-likeness (QED) is 0.123. The van der Waals surface area contributed by atoms with Gasteiger partial charge in [0.1, 0.15) is 0 Å². The molecular formula is C102H68N4. The smallest absolute Gasteiger partial charge is 0.0541 e. The molecule has 0 saturated carbocycles. The summed E-state index contributed by atoms with van der Waals surface area (Å²) < 4.78 is 9.65. The van der Waals surface area contributed by atoms with Crippen LogP contribution in [0.25, 0.3) is 188 Å². The van der Waals surface area contributed by atoms with Gasteiger partial charge in [0.2, 0.25) is 0 Å². The van der Waals surface area contributed by atoms with Crippen LogP contribution in [0.1, 0.15) is 0 Å². The first kappa shape index (κ1) is 61.8. The van der Waals surface area contributed by atoms with Gasteiger partial charge in [0, 0.05) is 65.8 Å². The summed E-state index contributed by atoms with van der Waals surface area (Å²) in [5.41, 5.74) is 31.2. The maximum Gasteiger partial charge on any atom is 0.0541 e. The zero-order valence-electron chi connectivity index (χ0n) is 58.0. The third-order valence-electron chi connectivity index (χ3n) is 21.4. The summed E-state index contributed by atoms with van der Waals surface area (Å²) in [6.07, 6.45) is 0. The van der Waals surface area contributed by atoms with E-state index in [1.165, 1.54) is 165 Å². The summed E-state index contributed by atoms with van der Waals surface area (Å²) in [6, 6.07) is 150. The SMILES string of the molecule is c1ccc(-c2cccc(-n3c4ccccc4c4cc(-c5ccc6c(c5)c5ccccc5n6-c5cc(-c6ccccc6)cc(-c6ccccc6)c5)ccc43)c2)cc1.c1ccc(-c2cccc(-n3c4ccccc4c4cc(-c5ccc6c(c5)c5ccccc5n6-c5cccc(-c6ccccc6)c5)ccc43)c2)cc1. The van der Waals surface area contributed by atoms with Crippen molar-refractivity contribution in [2.24, 2.45) is 0 Å². The van der Waals surface area contributed by atoms with E-state index in [1.807, 2.05) is 0 Å². The van der Waals surface area contributed by atoms with Gasteiger partial charge in [-0.15, -0.1) is 0 Å². The molecule has 106 heavy (non-hydrogen) atoms. The molecule has 0 spiro atoms. The molecule has 0 bridgehead atoms. The Labute approximate surface area is 614 Å². The summed E-state index contributed by atoms with van der Waals surface area (Å²) in [5, 5.41) is 10.00. The maximum absolute atomic E-state index is 2.44. The van der Waals surface area contributed by atoms with Crippen molar-refractivity contribution >= 4 is 87.2 Å². The van der Waals surface area contributed by atoms with Gasteiger partial charge in [0.15, 0.2) is 0 Å².